The van der Waals surface area contributed by atoms with Gasteiger partial charge in [-0.1, -0.05) is 19.1 Å². The van der Waals surface area contributed by atoms with E-state index in [0.29, 0.717) is 12.3 Å². The molecule has 1 heterocycles. The average Bonchev–Trinajstić information content (AvgIpc) is 2.55. The summed E-state index contributed by atoms with van der Waals surface area (Å²) in [5.74, 6) is 0.347. The second-order valence-electron chi connectivity index (χ2n) is 6.85. The highest BCUT2D eigenvalue weighted by Gasteiger charge is 2.23. The Bertz CT molecular complexity index is 668. The highest BCUT2D eigenvalue weighted by Crippen LogP contribution is 2.17. The molecule has 0 aliphatic carbocycles. The molecule has 1 aromatic rings. The molecule has 1 amide bonds. The molecule has 0 spiro atoms. The van der Waals surface area contributed by atoms with Crippen LogP contribution in [0.1, 0.15) is 31.7 Å². The van der Waals surface area contributed by atoms with Crippen LogP contribution in [0.3, 0.4) is 0 Å². The lowest BCUT2D eigenvalue weighted by atomic mass is 9.99. The van der Waals surface area contributed by atoms with Crippen LogP contribution in [0, 0.1) is 11.7 Å². The first-order valence-electron chi connectivity index (χ1n) is 8.73. The van der Waals surface area contributed by atoms with Crippen molar-refractivity contribution in [3.8, 4) is 0 Å². The molecule has 1 aromatic carbocycles. The predicted molar refractivity (Wildman–Crippen MR) is 96.1 cm³/mol. The summed E-state index contributed by atoms with van der Waals surface area (Å²) in [5, 5.41) is 0. The third-order valence-corrected chi connectivity index (χ3v) is 6.05. The number of nitrogens with zero attached hydrogens (tertiary/aromatic N) is 2. The van der Waals surface area contributed by atoms with Gasteiger partial charge in [-0.25, -0.2) is 17.1 Å². The minimum Gasteiger partial charge on any atom is -0.343 e. The Balaban J connectivity index is 1.87. The molecule has 1 aliphatic rings. The smallest absolute Gasteiger partial charge is 0.223 e. The van der Waals surface area contributed by atoms with Crippen molar-refractivity contribution in [3.63, 3.8) is 0 Å². The van der Waals surface area contributed by atoms with Gasteiger partial charge in [-0.15, -0.1) is 0 Å². The Morgan fingerprint density at radius 2 is 1.80 bits per heavy atom. The van der Waals surface area contributed by atoms with Crippen LogP contribution in [0.25, 0.3) is 0 Å². The van der Waals surface area contributed by atoms with E-state index >= 15 is 0 Å². The lowest BCUT2D eigenvalue weighted by Gasteiger charge is -2.31. The molecular formula is C18H27FN2O3S. The molecule has 7 heteroatoms. The maximum Gasteiger partial charge on any atom is 0.223 e. The van der Waals surface area contributed by atoms with Crippen LogP contribution < -0.4 is 0 Å². The Morgan fingerprint density at radius 1 is 1.20 bits per heavy atom. The lowest BCUT2D eigenvalue weighted by molar-refractivity contribution is -0.132. The van der Waals surface area contributed by atoms with Gasteiger partial charge in [-0.3, -0.25) is 4.79 Å². The molecule has 0 bridgehead atoms. The van der Waals surface area contributed by atoms with E-state index in [2.05, 4.69) is 6.92 Å². The highest BCUT2D eigenvalue weighted by molar-refractivity contribution is 7.88. The third kappa shape index (κ3) is 6.40. The number of halogens is 1. The molecule has 0 saturated carbocycles. The van der Waals surface area contributed by atoms with E-state index in [0.717, 1.165) is 37.8 Å². The minimum absolute atomic E-state index is 0.0160. The van der Waals surface area contributed by atoms with Crippen molar-refractivity contribution < 1.29 is 17.6 Å². The van der Waals surface area contributed by atoms with Gasteiger partial charge in [0.25, 0.3) is 0 Å². The summed E-state index contributed by atoms with van der Waals surface area (Å²) in [6.07, 6.45) is 3.86. The number of amides is 1. The maximum absolute atomic E-state index is 12.9. The third-order valence-electron chi connectivity index (χ3n) is 4.74. The van der Waals surface area contributed by atoms with Crippen LogP contribution >= 0.6 is 0 Å². The van der Waals surface area contributed by atoms with Crippen molar-refractivity contribution in [2.24, 2.45) is 5.92 Å². The Labute approximate surface area is 149 Å². The van der Waals surface area contributed by atoms with Crippen LogP contribution in [0.4, 0.5) is 4.39 Å². The zero-order valence-electron chi connectivity index (χ0n) is 14.9. The largest absolute Gasteiger partial charge is 0.343 e. The molecular weight excluding hydrogens is 343 g/mol. The van der Waals surface area contributed by atoms with Gasteiger partial charge in [0, 0.05) is 32.6 Å². The zero-order chi connectivity index (χ0) is 18.4. The number of rotatable bonds is 7. The van der Waals surface area contributed by atoms with Crippen molar-refractivity contribution >= 4 is 15.9 Å². The van der Waals surface area contributed by atoms with E-state index in [1.54, 1.807) is 12.1 Å². The number of sulfonamides is 1. The number of carbonyl (C=O) groups is 1. The molecule has 0 unspecified atom stereocenters. The number of carbonyl (C=O) groups excluding carboxylic acids is 1. The molecule has 140 valence electrons. The number of hydrogen-bond donors (Lipinski definition) is 0. The highest BCUT2D eigenvalue weighted by atomic mass is 32.2. The summed E-state index contributed by atoms with van der Waals surface area (Å²) in [4.78, 5) is 14.1. The van der Waals surface area contributed by atoms with Crippen LogP contribution in [-0.2, 0) is 21.2 Å². The Morgan fingerprint density at radius 3 is 2.36 bits per heavy atom. The Kier molecular flexibility index (Phi) is 6.95. The molecule has 0 N–H and O–H groups in total. The summed E-state index contributed by atoms with van der Waals surface area (Å²) in [7, 11) is -3.39. The van der Waals surface area contributed by atoms with E-state index in [-0.39, 0.29) is 31.2 Å². The van der Waals surface area contributed by atoms with E-state index in [1.807, 2.05) is 4.90 Å². The van der Waals surface area contributed by atoms with Gasteiger partial charge in [0.1, 0.15) is 5.82 Å². The average molecular weight is 370 g/mol. The van der Waals surface area contributed by atoms with Gasteiger partial charge in [-0.05, 0) is 42.9 Å². The fourth-order valence-corrected chi connectivity index (χ4v) is 3.83. The first-order chi connectivity index (χ1) is 11.8. The monoisotopic (exact) mass is 370 g/mol. The maximum atomic E-state index is 12.9. The van der Waals surface area contributed by atoms with Gasteiger partial charge in [-0.2, -0.15) is 0 Å². The van der Waals surface area contributed by atoms with Gasteiger partial charge in [0.15, 0.2) is 0 Å². The first-order valence-corrected chi connectivity index (χ1v) is 10.6. The predicted octanol–water partition coefficient (Wildman–Crippen LogP) is 2.28. The van der Waals surface area contributed by atoms with E-state index in [4.69, 9.17) is 0 Å². The summed E-state index contributed by atoms with van der Waals surface area (Å²) >= 11 is 0. The number of hydrogen-bond acceptors (Lipinski definition) is 3. The van der Waals surface area contributed by atoms with Crippen LogP contribution in [0.15, 0.2) is 24.3 Å². The standard InChI is InChI=1S/C18H27FN2O3S/c1-15-7-11-20(12-8-15)18(22)10-14-21(25(2,23)24)13-9-16-3-5-17(19)6-4-16/h3-6,15H,7-14H2,1-2H3. The second kappa shape index (κ2) is 8.76. The summed E-state index contributed by atoms with van der Waals surface area (Å²) in [5.41, 5.74) is 0.867. The molecule has 5 nitrogen and oxygen atoms in total. The quantitative estimate of drug-likeness (QED) is 0.740. The molecule has 0 atom stereocenters. The van der Waals surface area contributed by atoms with Gasteiger partial charge in [0.2, 0.25) is 15.9 Å². The first kappa shape index (κ1) is 19.8. The molecule has 25 heavy (non-hydrogen) atoms. The topological polar surface area (TPSA) is 57.7 Å². The van der Waals surface area contributed by atoms with Crippen molar-refractivity contribution in [2.45, 2.75) is 32.6 Å². The lowest BCUT2D eigenvalue weighted by Crippen LogP contribution is -2.40. The normalized spacial score (nSPS) is 16.4. The molecule has 0 radical (unpaired) electrons. The summed E-state index contributed by atoms with van der Waals surface area (Å²) < 4.78 is 38.2. The van der Waals surface area contributed by atoms with Crippen LogP contribution in [0.2, 0.25) is 0 Å². The fraction of sp³-hybridized carbons (Fsp3) is 0.611. The molecule has 0 aromatic heterocycles. The zero-order valence-corrected chi connectivity index (χ0v) is 15.8. The van der Waals surface area contributed by atoms with Crippen molar-refractivity contribution in [1.29, 1.82) is 0 Å². The number of likely N-dealkylation sites (tertiary alicyclic amines) is 1. The van der Waals surface area contributed by atoms with Crippen molar-refractivity contribution in [1.82, 2.24) is 9.21 Å². The fourth-order valence-electron chi connectivity index (χ4n) is 2.98. The van der Waals surface area contributed by atoms with Gasteiger partial charge >= 0.3 is 0 Å². The van der Waals surface area contributed by atoms with Crippen molar-refractivity contribution in [3.05, 3.63) is 35.6 Å². The van der Waals surface area contributed by atoms with E-state index in [1.165, 1.54) is 16.4 Å². The minimum atomic E-state index is -3.39. The van der Waals surface area contributed by atoms with Gasteiger partial charge in [0.05, 0.1) is 6.26 Å². The van der Waals surface area contributed by atoms with E-state index < -0.39 is 10.0 Å². The molecule has 1 saturated heterocycles. The van der Waals surface area contributed by atoms with Crippen molar-refractivity contribution in [2.75, 3.05) is 32.4 Å². The second-order valence-corrected chi connectivity index (χ2v) is 8.83. The number of piperidine rings is 1. The summed E-state index contributed by atoms with van der Waals surface area (Å²) in [6.45, 7) is 4.17. The molecule has 2 rings (SSSR count). The SMILES string of the molecule is CC1CCN(C(=O)CCN(CCc2ccc(F)cc2)S(C)(=O)=O)CC1. The molecule has 1 aliphatic heterocycles. The van der Waals surface area contributed by atoms with Gasteiger partial charge < -0.3 is 4.90 Å². The number of benzene rings is 1. The van der Waals surface area contributed by atoms with E-state index in [9.17, 15) is 17.6 Å². The summed E-state index contributed by atoms with van der Waals surface area (Å²) in [6, 6.07) is 6.02. The van der Waals surface area contributed by atoms with Crippen LogP contribution in [0.5, 0.6) is 0 Å². The van der Waals surface area contributed by atoms with Crippen LogP contribution in [-0.4, -0.2) is 56.0 Å². The Hall–Kier alpha value is -1.47. The molecule has 1 fully saturated rings.